The van der Waals surface area contributed by atoms with Gasteiger partial charge in [0.1, 0.15) is 6.04 Å². The predicted molar refractivity (Wildman–Crippen MR) is 52.3 cm³/mol. The molecule has 0 aliphatic carbocycles. The maximum absolute atomic E-state index is 11.2. The minimum Gasteiger partial charge on any atom is -0.356 e. The molecule has 15 heavy (non-hydrogen) atoms. The standard InChI is InChI=1S/C9H14N4O2/c10-4-7(13-8(14)5-11)3-6-1-2-12-9(6)15/h6-7H,1-3,5,11H2,(H,12,15)(H,13,14)/t6-,7-/m0/s1. The molecular weight excluding hydrogens is 196 g/mol. The first kappa shape index (κ1) is 11.5. The number of amides is 2. The van der Waals surface area contributed by atoms with E-state index in [1.54, 1.807) is 0 Å². The zero-order valence-electron chi connectivity index (χ0n) is 8.32. The molecule has 0 unspecified atom stereocenters. The molecule has 1 aliphatic rings. The molecule has 1 saturated heterocycles. The van der Waals surface area contributed by atoms with Gasteiger partial charge in [0.2, 0.25) is 11.8 Å². The first-order valence-corrected chi connectivity index (χ1v) is 4.84. The Labute approximate surface area is 87.8 Å². The molecule has 0 aromatic carbocycles. The Bertz CT molecular complexity index is 297. The van der Waals surface area contributed by atoms with Crippen LogP contribution in [-0.2, 0) is 9.59 Å². The largest absolute Gasteiger partial charge is 0.356 e. The summed E-state index contributed by atoms with van der Waals surface area (Å²) in [5.41, 5.74) is 5.11. The lowest BCUT2D eigenvalue weighted by Gasteiger charge is -2.13. The third kappa shape index (κ3) is 3.22. The zero-order valence-corrected chi connectivity index (χ0v) is 8.32. The van der Waals surface area contributed by atoms with Crippen LogP contribution in [0.5, 0.6) is 0 Å². The average Bonchev–Trinajstić information content (AvgIpc) is 2.63. The lowest BCUT2D eigenvalue weighted by Crippen LogP contribution is -2.39. The Morgan fingerprint density at radius 3 is 3.00 bits per heavy atom. The Kier molecular flexibility index (Phi) is 4.06. The summed E-state index contributed by atoms with van der Waals surface area (Å²) >= 11 is 0. The van der Waals surface area contributed by atoms with Crippen molar-refractivity contribution >= 4 is 11.8 Å². The highest BCUT2D eigenvalue weighted by Crippen LogP contribution is 2.15. The van der Waals surface area contributed by atoms with Crippen molar-refractivity contribution < 1.29 is 9.59 Å². The predicted octanol–water partition coefficient (Wildman–Crippen LogP) is -1.52. The quantitative estimate of drug-likeness (QED) is 0.523. The molecule has 0 bridgehead atoms. The molecule has 0 aromatic rings. The molecule has 0 spiro atoms. The van der Waals surface area contributed by atoms with E-state index in [9.17, 15) is 9.59 Å². The molecule has 2 amide bonds. The fraction of sp³-hybridized carbons (Fsp3) is 0.667. The first-order valence-electron chi connectivity index (χ1n) is 4.84. The summed E-state index contributed by atoms with van der Waals surface area (Å²) in [7, 11) is 0. The van der Waals surface area contributed by atoms with Crippen molar-refractivity contribution in [2.75, 3.05) is 13.1 Å². The first-order chi connectivity index (χ1) is 7.17. The molecule has 82 valence electrons. The van der Waals surface area contributed by atoms with Crippen molar-refractivity contribution in [2.24, 2.45) is 11.7 Å². The van der Waals surface area contributed by atoms with Crippen LogP contribution in [0.15, 0.2) is 0 Å². The maximum Gasteiger partial charge on any atom is 0.234 e. The van der Waals surface area contributed by atoms with Gasteiger partial charge in [-0.1, -0.05) is 0 Å². The normalized spacial score (nSPS) is 21.6. The van der Waals surface area contributed by atoms with E-state index in [1.807, 2.05) is 6.07 Å². The van der Waals surface area contributed by atoms with Crippen molar-refractivity contribution in [3.63, 3.8) is 0 Å². The van der Waals surface area contributed by atoms with Crippen LogP contribution in [0.25, 0.3) is 0 Å². The lowest BCUT2D eigenvalue weighted by atomic mass is 9.99. The Morgan fingerprint density at radius 1 is 1.80 bits per heavy atom. The number of carbonyl (C=O) groups excluding carboxylic acids is 2. The lowest BCUT2D eigenvalue weighted by molar-refractivity contribution is -0.124. The minimum absolute atomic E-state index is 0.0442. The van der Waals surface area contributed by atoms with Crippen LogP contribution < -0.4 is 16.4 Å². The second kappa shape index (κ2) is 5.32. The molecule has 1 aliphatic heterocycles. The molecule has 1 rings (SSSR count). The summed E-state index contributed by atoms with van der Waals surface area (Å²) in [6.45, 7) is 0.502. The summed E-state index contributed by atoms with van der Waals surface area (Å²) in [6.07, 6.45) is 1.07. The minimum atomic E-state index is -0.630. The van der Waals surface area contributed by atoms with Crippen molar-refractivity contribution in [1.29, 1.82) is 5.26 Å². The van der Waals surface area contributed by atoms with E-state index >= 15 is 0 Å². The van der Waals surface area contributed by atoms with Crippen LogP contribution in [0.1, 0.15) is 12.8 Å². The van der Waals surface area contributed by atoms with Crippen LogP contribution in [0.4, 0.5) is 0 Å². The van der Waals surface area contributed by atoms with Gasteiger partial charge in [-0.3, -0.25) is 9.59 Å². The highest BCUT2D eigenvalue weighted by molar-refractivity contribution is 5.81. The number of nitrogens with zero attached hydrogens (tertiary/aromatic N) is 1. The van der Waals surface area contributed by atoms with Crippen molar-refractivity contribution in [2.45, 2.75) is 18.9 Å². The monoisotopic (exact) mass is 210 g/mol. The third-order valence-electron chi connectivity index (χ3n) is 2.36. The summed E-state index contributed by atoms with van der Waals surface area (Å²) in [6, 6.07) is 1.32. The highest BCUT2D eigenvalue weighted by atomic mass is 16.2. The summed E-state index contributed by atoms with van der Waals surface area (Å²) < 4.78 is 0. The number of hydrogen-bond donors (Lipinski definition) is 3. The van der Waals surface area contributed by atoms with Gasteiger partial charge in [-0.25, -0.2) is 0 Å². The van der Waals surface area contributed by atoms with Crippen LogP contribution in [0.2, 0.25) is 0 Å². The van der Waals surface area contributed by atoms with Crippen LogP contribution >= 0.6 is 0 Å². The highest BCUT2D eigenvalue weighted by Gasteiger charge is 2.27. The van der Waals surface area contributed by atoms with E-state index < -0.39 is 6.04 Å². The third-order valence-corrected chi connectivity index (χ3v) is 2.36. The topological polar surface area (TPSA) is 108 Å². The van der Waals surface area contributed by atoms with Gasteiger partial charge in [-0.2, -0.15) is 5.26 Å². The van der Waals surface area contributed by atoms with Gasteiger partial charge in [-0.05, 0) is 12.8 Å². The smallest absolute Gasteiger partial charge is 0.234 e. The van der Waals surface area contributed by atoms with Gasteiger partial charge in [0.05, 0.1) is 12.6 Å². The van der Waals surface area contributed by atoms with Gasteiger partial charge in [0.25, 0.3) is 0 Å². The SMILES string of the molecule is N#C[C@H](C[C@@H]1CCNC1=O)NC(=O)CN. The van der Waals surface area contributed by atoms with Crippen LogP contribution in [0, 0.1) is 17.2 Å². The molecule has 1 heterocycles. The Hall–Kier alpha value is -1.61. The number of rotatable bonds is 4. The number of nitriles is 1. The van der Waals surface area contributed by atoms with E-state index in [0.29, 0.717) is 13.0 Å². The maximum atomic E-state index is 11.2. The van der Waals surface area contributed by atoms with E-state index in [-0.39, 0.29) is 24.3 Å². The summed E-state index contributed by atoms with van der Waals surface area (Å²) in [4.78, 5) is 22.2. The molecular formula is C9H14N4O2. The van der Waals surface area contributed by atoms with E-state index in [1.165, 1.54) is 0 Å². The average molecular weight is 210 g/mol. The molecule has 2 atom stereocenters. The molecule has 0 saturated carbocycles. The van der Waals surface area contributed by atoms with Gasteiger partial charge < -0.3 is 16.4 Å². The second-order valence-electron chi connectivity index (χ2n) is 3.47. The van der Waals surface area contributed by atoms with E-state index in [0.717, 1.165) is 6.42 Å². The van der Waals surface area contributed by atoms with Crippen molar-refractivity contribution in [1.82, 2.24) is 10.6 Å². The van der Waals surface area contributed by atoms with Crippen molar-refractivity contribution in [3.8, 4) is 6.07 Å². The fourth-order valence-corrected chi connectivity index (χ4v) is 1.55. The molecule has 4 N–H and O–H groups in total. The Balaban J connectivity index is 2.43. The number of nitrogens with one attached hydrogen (secondary N) is 2. The summed E-state index contributed by atoms with van der Waals surface area (Å²) in [5.74, 6) is -0.593. The number of nitrogens with two attached hydrogens (primary N) is 1. The van der Waals surface area contributed by atoms with Crippen LogP contribution in [0.3, 0.4) is 0 Å². The number of hydrogen-bond acceptors (Lipinski definition) is 4. The Morgan fingerprint density at radius 2 is 2.53 bits per heavy atom. The molecule has 6 heteroatoms. The van der Waals surface area contributed by atoms with Gasteiger partial charge in [-0.15, -0.1) is 0 Å². The second-order valence-corrected chi connectivity index (χ2v) is 3.47. The van der Waals surface area contributed by atoms with Crippen LogP contribution in [-0.4, -0.2) is 30.9 Å². The fourth-order valence-electron chi connectivity index (χ4n) is 1.55. The molecule has 1 fully saturated rings. The number of carbonyl (C=O) groups is 2. The zero-order chi connectivity index (χ0) is 11.3. The van der Waals surface area contributed by atoms with E-state index in [4.69, 9.17) is 11.0 Å². The molecule has 0 aromatic heterocycles. The summed E-state index contributed by atoms with van der Waals surface area (Å²) in [5, 5.41) is 13.9. The molecule has 0 radical (unpaired) electrons. The molecule has 6 nitrogen and oxygen atoms in total. The van der Waals surface area contributed by atoms with Gasteiger partial charge in [0.15, 0.2) is 0 Å². The van der Waals surface area contributed by atoms with E-state index in [2.05, 4.69) is 10.6 Å². The van der Waals surface area contributed by atoms with Gasteiger partial charge >= 0.3 is 0 Å². The van der Waals surface area contributed by atoms with Crippen molar-refractivity contribution in [3.05, 3.63) is 0 Å². The van der Waals surface area contributed by atoms with Gasteiger partial charge in [0, 0.05) is 12.5 Å².